The fourth-order valence-electron chi connectivity index (χ4n) is 3.50. The summed E-state index contributed by atoms with van der Waals surface area (Å²) >= 11 is 0. The number of anilines is 1. The van der Waals surface area contributed by atoms with Gasteiger partial charge in [-0.1, -0.05) is 24.3 Å². The molecule has 2 aromatic rings. The zero-order valence-corrected chi connectivity index (χ0v) is 12.8. The van der Waals surface area contributed by atoms with Crippen LogP contribution in [0.3, 0.4) is 0 Å². The zero-order chi connectivity index (χ0) is 16.8. The molecule has 6 heteroatoms. The van der Waals surface area contributed by atoms with Crippen LogP contribution in [0, 0.1) is 21.8 Å². The maximum Gasteiger partial charge on any atom is 0.271 e. The van der Waals surface area contributed by atoms with Gasteiger partial charge in [-0.3, -0.25) is 14.9 Å². The van der Waals surface area contributed by atoms with E-state index in [0.29, 0.717) is 30.6 Å². The predicted molar refractivity (Wildman–Crippen MR) is 86.4 cm³/mol. The molecule has 2 aromatic carbocycles. The molecule has 122 valence electrons. The van der Waals surface area contributed by atoms with Crippen molar-refractivity contribution in [3.05, 3.63) is 69.5 Å². The Bertz CT molecular complexity index is 852. The van der Waals surface area contributed by atoms with Gasteiger partial charge in [0.2, 0.25) is 5.91 Å². The summed E-state index contributed by atoms with van der Waals surface area (Å²) in [6, 6.07) is 11.2. The summed E-state index contributed by atoms with van der Waals surface area (Å²) in [6.45, 7) is 0.524. The van der Waals surface area contributed by atoms with E-state index < -0.39 is 4.92 Å². The smallest absolute Gasteiger partial charge is 0.271 e. The molecule has 0 spiro atoms. The van der Waals surface area contributed by atoms with Crippen LogP contribution in [0.1, 0.15) is 23.5 Å². The topological polar surface area (TPSA) is 63.5 Å². The van der Waals surface area contributed by atoms with E-state index >= 15 is 0 Å². The van der Waals surface area contributed by atoms with Crippen molar-refractivity contribution in [2.75, 3.05) is 11.4 Å². The summed E-state index contributed by atoms with van der Waals surface area (Å²) in [7, 11) is 0. The van der Waals surface area contributed by atoms with Crippen molar-refractivity contribution in [1.29, 1.82) is 0 Å². The fourth-order valence-corrected chi connectivity index (χ4v) is 3.50. The average molecular weight is 326 g/mol. The second-order valence-corrected chi connectivity index (χ2v) is 6.28. The summed E-state index contributed by atoms with van der Waals surface area (Å²) in [4.78, 5) is 24.9. The van der Waals surface area contributed by atoms with E-state index in [0.717, 1.165) is 5.56 Å². The second kappa shape index (κ2) is 5.40. The molecular weight excluding hydrogens is 311 g/mol. The summed E-state index contributed by atoms with van der Waals surface area (Å²) < 4.78 is 13.9. The van der Waals surface area contributed by atoms with Gasteiger partial charge in [-0.2, -0.15) is 0 Å². The third-order valence-corrected chi connectivity index (χ3v) is 4.85. The number of nitro groups is 1. The summed E-state index contributed by atoms with van der Waals surface area (Å²) in [5.41, 5.74) is 2.12. The summed E-state index contributed by atoms with van der Waals surface area (Å²) in [5, 5.41) is 11.0. The first-order valence-electron chi connectivity index (χ1n) is 7.89. The Kier molecular flexibility index (Phi) is 3.33. The Morgan fingerprint density at radius 3 is 2.79 bits per heavy atom. The molecule has 2 atom stereocenters. The molecule has 1 aliphatic carbocycles. The molecule has 0 aromatic heterocycles. The molecule has 2 aliphatic rings. The van der Waals surface area contributed by atoms with Gasteiger partial charge < -0.3 is 4.90 Å². The third kappa shape index (κ3) is 2.35. The molecule has 1 amide bonds. The van der Waals surface area contributed by atoms with E-state index in [2.05, 4.69) is 0 Å². The lowest BCUT2D eigenvalue weighted by Gasteiger charge is -2.17. The number of benzene rings is 2. The van der Waals surface area contributed by atoms with Crippen LogP contribution >= 0.6 is 0 Å². The monoisotopic (exact) mass is 326 g/mol. The quantitative estimate of drug-likeness (QED) is 0.641. The number of carbonyl (C=O) groups is 1. The van der Waals surface area contributed by atoms with Crippen LogP contribution in [0.4, 0.5) is 15.8 Å². The van der Waals surface area contributed by atoms with Crippen molar-refractivity contribution in [3.63, 3.8) is 0 Å². The van der Waals surface area contributed by atoms with Crippen LogP contribution in [-0.4, -0.2) is 17.4 Å². The van der Waals surface area contributed by atoms with Gasteiger partial charge in [0, 0.05) is 24.6 Å². The maximum atomic E-state index is 13.9. The lowest BCUT2D eigenvalue weighted by Crippen LogP contribution is -2.30. The minimum absolute atomic E-state index is 0.0186. The van der Waals surface area contributed by atoms with E-state index in [4.69, 9.17) is 0 Å². The van der Waals surface area contributed by atoms with Crippen LogP contribution in [0.15, 0.2) is 42.5 Å². The van der Waals surface area contributed by atoms with Crippen LogP contribution < -0.4 is 4.90 Å². The molecule has 24 heavy (non-hydrogen) atoms. The minimum Gasteiger partial charge on any atom is -0.311 e. The van der Waals surface area contributed by atoms with Crippen molar-refractivity contribution in [2.24, 2.45) is 5.92 Å². The van der Waals surface area contributed by atoms with Gasteiger partial charge in [-0.05, 0) is 36.0 Å². The molecule has 0 saturated heterocycles. The molecule has 5 nitrogen and oxygen atoms in total. The number of amides is 1. The number of carbonyl (C=O) groups excluding carboxylic acids is 1. The van der Waals surface area contributed by atoms with Crippen LogP contribution in [0.5, 0.6) is 0 Å². The van der Waals surface area contributed by atoms with Gasteiger partial charge >= 0.3 is 0 Å². The largest absolute Gasteiger partial charge is 0.311 e. The molecule has 1 aliphatic heterocycles. The van der Waals surface area contributed by atoms with E-state index in [9.17, 15) is 19.3 Å². The fraction of sp³-hybridized carbons (Fsp3) is 0.278. The summed E-state index contributed by atoms with van der Waals surface area (Å²) in [6.07, 6.45) is 1.32. The molecule has 1 heterocycles. The number of nitro benzene ring substituents is 1. The van der Waals surface area contributed by atoms with Crippen molar-refractivity contribution in [1.82, 2.24) is 0 Å². The van der Waals surface area contributed by atoms with E-state index in [-0.39, 0.29) is 29.2 Å². The molecule has 1 fully saturated rings. The molecule has 0 N–H and O–H groups in total. The van der Waals surface area contributed by atoms with E-state index in [1.165, 1.54) is 18.2 Å². The zero-order valence-electron chi connectivity index (χ0n) is 12.8. The van der Waals surface area contributed by atoms with E-state index in [1.807, 2.05) is 0 Å². The first kappa shape index (κ1) is 14.8. The Morgan fingerprint density at radius 1 is 1.25 bits per heavy atom. The molecular formula is C18H15FN2O3. The number of rotatable bonds is 3. The number of halogens is 1. The van der Waals surface area contributed by atoms with Crippen molar-refractivity contribution >= 4 is 17.3 Å². The van der Waals surface area contributed by atoms with Gasteiger partial charge in [-0.15, -0.1) is 0 Å². The Labute approximate surface area is 137 Å². The molecule has 2 unspecified atom stereocenters. The standard InChI is InChI=1S/C18H15FN2O3/c19-16-4-2-1-3-13(16)14-10-15(14)18(22)20-8-7-11-5-6-12(21(23)24)9-17(11)20/h1-6,9,14-15H,7-8,10H2. The molecule has 0 bridgehead atoms. The van der Waals surface area contributed by atoms with Crippen LogP contribution in [-0.2, 0) is 11.2 Å². The highest BCUT2D eigenvalue weighted by Gasteiger charge is 2.48. The van der Waals surface area contributed by atoms with Crippen molar-refractivity contribution in [2.45, 2.75) is 18.8 Å². The number of non-ortho nitro benzene ring substituents is 1. The summed E-state index contributed by atoms with van der Waals surface area (Å²) in [5.74, 6) is -0.689. The first-order chi connectivity index (χ1) is 11.6. The van der Waals surface area contributed by atoms with Gasteiger partial charge in [-0.25, -0.2) is 4.39 Å². The Morgan fingerprint density at radius 2 is 2.04 bits per heavy atom. The highest BCUT2D eigenvalue weighted by Crippen LogP contribution is 2.50. The van der Waals surface area contributed by atoms with Crippen molar-refractivity contribution in [3.8, 4) is 0 Å². The van der Waals surface area contributed by atoms with Gasteiger partial charge in [0.1, 0.15) is 5.82 Å². The number of hydrogen-bond acceptors (Lipinski definition) is 3. The second-order valence-electron chi connectivity index (χ2n) is 6.28. The van der Waals surface area contributed by atoms with Crippen molar-refractivity contribution < 1.29 is 14.1 Å². The lowest BCUT2D eigenvalue weighted by molar-refractivity contribution is -0.384. The van der Waals surface area contributed by atoms with E-state index in [1.54, 1.807) is 29.2 Å². The first-order valence-corrected chi connectivity index (χ1v) is 7.89. The minimum atomic E-state index is -0.458. The Balaban J connectivity index is 1.57. The number of nitrogens with zero attached hydrogens (tertiary/aromatic N) is 2. The predicted octanol–water partition coefficient (Wildman–Crippen LogP) is 3.43. The highest BCUT2D eigenvalue weighted by molar-refractivity contribution is 5.99. The van der Waals surface area contributed by atoms with Crippen LogP contribution in [0.2, 0.25) is 0 Å². The molecule has 4 rings (SSSR count). The Hall–Kier alpha value is -2.76. The SMILES string of the molecule is O=C(C1CC1c1ccccc1F)N1CCc2ccc([N+](=O)[O-])cc21. The lowest BCUT2D eigenvalue weighted by atomic mass is 10.1. The number of fused-ring (bicyclic) bond motifs is 1. The maximum absolute atomic E-state index is 13.9. The molecule has 0 radical (unpaired) electrons. The van der Waals surface area contributed by atoms with Gasteiger partial charge in [0.05, 0.1) is 10.6 Å². The number of hydrogen-bond donors (Lipinski definition) is 0. The highest BCUT2D eigenvalue weighted by atomic mass is 19.1. The third-order valence-electron chi connectivity index (χ3n) is 4.85. The average Bonchev–Trinajstić information content (AvgIpc) is 3.25. The van der Waals surface area contributed by atoms with Crippen LogP contribution in [0.25, 0.3) is 0 Å². The normalized spacial score (nSPS) is 21.5. The molecule has 1 saturated carbocycles. The van der Waals surface area contributed by atoms with Gasteiger partial charge in [0.25, 0.3) is 5.69 Å². The van der Waals surface area contributed by atoms with Gasteiger partial charge in [0.15, 0.2) is 0 Å².